The minimum Gasteiger partial charge on any atom is -0.239 e. The molecule has 1 aliphatic rings. The summed E-state index contributed by atoms with van der Waals surface area (Å²) in [7, 11) is 0. The predicted octanol–water partition coefficient (Wildman–Crippen LogP) is 6.17. The van der Waals surface area contributed by atoms with Crippen LogP contribution in [0.5, 0.6) is 0 Å². The first-order valence-electron chi connectivity index (χ1n) is 10.5. The Morgan fingerprint density at radius 2 is 1.66 bits per heavy atom. The van der Waals surface area contributed by atoms with Gasteiger partial charge in [-0.25, -0.2) is 5.10 Å². The van der Waals surface area contributed by atoms with Crippen LogP contribution in [-0.4, -0.2) is 20.6 Å². The number of tetrazole rings is 1. The fourth-order valence-electron chi connectivity index (χ4n) is 4.40. The van der Waals surface area contributed by atoms with Crippen molar-refractivity contribution in [3.8, 4) is 11.4 Å². The molecule has 0 atom stereocenters. The first-order valence-corrected chi connectivity index (χ1v) is 10.5. The first kappa shape index (κ1) is 19.6. The smallest absolute Gasteiger partial charge is 0.179 e. The quantitative estimate of drug-likeness (QED) is 0.546. The zero-order valence-electron chi connectivity index (χ0n) is 18.1. The Morgan fingerprint density at radius 1 is 0.966 bits per heavy atom. The third-order valence-corrected chi connectivity index (χ3v) is 6.47. The molecule has 29 heavy (non-hydrogen) atoms. The first-order chi connectivity index (χ1) is 13.8. The number of aromatic nitrogens is 4. The summed E-state index contributed by atoms with van der Waals surface area (Å²) in [5.41, 5.74) is 8.38. The Bertz CT molecular complexity index is 1030. The van der Waals surface area contributed by atoms with E-state index in [1.54, 1.807) is 0 Å². The van der Waals surface area contributed by atoms with E-state index in [1.165, 1.54) is 40.7 Å². The zero-order valence-corrected chi connectivity index (χ0v) is 18.1. The van der Waals surface area contributed by atoms with Gasteiger partial charge in [-0.3, -0.25) is 0 Å². The van der Waals surface area contributed by atoms with Gasteiger partial charge in [0.2, 0.25) is 0 Å². The summed E-state index contributed by atoms with van der Waals surface area (Å²) in [6, 6.07) is 15.5. The number of rotatable bonds is 4. The van der Waals surface area contributed by atoms with E-state index < -0.39 is 0 Å². The Labute approximate surface area is 173 Å². The topological polar surface area (TPSA) is 54.5 Å². The lowest BCUT2D eigenvalue weighted by Gasteiger charge is -2.42. The normalized spacial score (nSPS) is 17.8. The Kier molecular flexibility index (Phi) is 4.89. The molecule has 0 unspecified atom stereocenters. The second-order valence-corrected chi connectivity index (χ2v) is 9.42. The van der Waals surface area contributed by atoms with Crippen molar-refractivity contribution >= 4 is 11.6 Å². The maximum absolute atomic E-state index is 3.97. The van der Waals surface area contributed by atoms with E-state index in [4.69, 9.17) is 0 Å². The molecule has 0 aliphatic heterocycles. The van der Waals surface area contributed by atoms with Crippen LogP contribution in [-0.2, 0) is 10.8 Å². The second-order valence-electron chi connectivity index (χ2n) is 9.42. The van der Waals surface area contributed by atoms with E-state index in [9.17, 15) is 0 Å². The van der Waals surface area contributed by atoms with Crippen LogP contribution in [0.4, 0.5) is 0 Å². The van der Waals surface area contributed by atoms with Gasteiger partial charge in [0.1, 0.15) is 0 Å². The monoisotopic (exact) mass is 386 g/mol. The molecule has 0 saturated carbocycles. The summed E-state index contributed by atoms with van der Waals surface area (Å²) in [4.78, 5) is 0. The summed E-state index contributed by atoms with van der Waals surface area (Å²) in [6.07, 6.45) is 5.77. The number of nitrogens with zero attached hydrogens (tertiary/aromatic N) is 3. The summed E-state index contributed by atoms with van der Waals surface area (Å²) in [5, 5.41) is 14.1. The minimum absolute atomic E-state index is 0.229. The van der Waals surface area contributed by atoms with Crippen LogP contribution in [0, 0.1) is 0 Å². The molecular weight excluding hydrogens is 356 g/mol. The molecule has 0 saturated heterocycles. The van der Waals surface area contributed by atoms with E-state index >= 15 is 0 Å². The highest BCUT2D eigenvalue weighted by Gasteiger charge is 2.36. The highest BCUT2D eigenvalue weighted by atomic mass is 15.5. The highest BCUT2D eigenvalue weighted by molar-refractivity contribution is 5.82. The molecule has 0 spiro atoms. The lowest BCUT2D eigenvalue weighted by Crippen LogP contribution is -2.33. The van der Waals surface area contributed by atoms with Gasteiger partial charge in [-0.05, 0) is 68.3 Å². The molecule has 4 heteroatoms. The highest BCUT2D eigenvalue weighted by Crippen LogP contribution is 2.46. The molecule has 0 fully saturated rings. The summed E-state index contributed by atoms with van der Waals surface area (Å²) >= 11 is 0. The fraction of sp³-hybridized carbons (Fsp3) is 0.400. The van der Waals surface area contributed by atoms with Crippen LogP contribution in [0.2, 0.25) is 0 Å². The Hall–Kier alpha value is -2.75. The van der Waals surface area contributed by atoms with Gasteiger partial charge in [0.05, 0.1) is 0 Å². The molecule has 150 valence electrons. The van der Waals surface area contributed by atoms with Crippen molar-refractivity contribution < 1.29 is 0 Å². The zero-order chi connectivity index (χ0) is 20.6. The number of benzene rings is 2. The maximum atomic E-state index is 3.97. The number of aromatic amines is 1. The van der Waals surface area contributed by atoms with Crippen LogP contribution >= 0.6 is 0 Å². The minimum atomic E-state index is 0.229. The molecule has 0 bridgehead atoms. The second kappa shape index (κ2) is 7.25. The van der Waals surface area contributed by atoms with Crippen molar-refractivity contribution in [3.05, 3.63) is 64.7 Å². The lowest BCUT2D eigenvalue weighted by atomic mass is 9.63. The van der Waals surface area contributed by atoms with E-state index in [0.29, 0.717) is 5.82 Å². The van der Waals surface area contributed by atoms with Crippen molar-refractivity contribution in [1.29, 1.82) is 0 Å². The van der Waals surface area contributed by atoms with E-state index in [-0.39, 0.29) is 10.8 Å². The van der Waals surface area contributed by atoms with Gasteiger partial charge < -0.3 is 0 Å². The molecule has 4 nitrogen and oxygen atoms in total. The number of hydrogen-bond acceptors (Lipinski definition) is 3. The molecule has 1 aromatic heterocycles. The van der Waals surface area contributed by atoms with E-state index in [1.807, 2.05) is 0 Å². The molecule has 1 N–H and O–H groups in total. The fourth-order valence-corrected chi connectivity index (χ4v) is 4.40. The molecule has 1 aliphatic carbocycles. The number of fused-ring (bicyclic) bond motifs is 1. The van der Waals surface area contributed by atoms with Gasteiger partial charge >= 0.3 is 0 Å². The lowest BCUT2D eigenvalue weighted by molar-refractivity contribution is 0.332. The largest absolute Gasteiger partial charge is 0.239 e. The van der Waals surface area contributed by atoms with Crippen molar-refractivity contribution in [2.24, 2.45) is 0 Å². The molecule has 0 radical (unpaired) electrons. The molecule has 3 aromatic rings. The van der Waals surface area contributed by atoms with Gasteiger partial charge in [-0.1, -0.05) is 83.2 Å². The van der Waals surface area contributed by atoms with Crippen molar-refractivity contribution in [2.75, 3.05) is 0 Å². The van der Waals surface area contributed by atoms with E-state index in [0.717, 1.165) is 12.0 Å². The average Bonchev–Trinajstić information content (AvgIpc) is 3.25. The van der Waals surface area contributed by atoms with Gasteiger partial charge in [-0.15, -0.1) is 5.10 Å². The molecular formula is C25H30N4. The maximum Gasteiger partial charge on any atom is 0.179 e. The number of nitrogens with one attached hydrogen (secondary N) is 1. The Balaban J connectivity index is 1.69. The summed E-state index contributed by atoms with van der Waals surface area (Å²) in [5.74, 6) is 0.691. The standard InChI is InChI=1S/C25H30N4/c1-6-18(15-17-7-9-19(10-8-17)23-26-28-29-27-23)20-11-12-21-22(16-20)25(4,5)14-13-24(21,2)3/h7-12,15-16H,6,13-14H2,1-5H3,(H,26,27,28,29)/b18-15+. The number of hydrogen-bond donors (Lipinski definition) is 1. The predicted molar refractivity (Wildman–Crippen MR) is 120 cm³/mol. The van der Waals surface area contributed by atoms with Crippen molar-refractivity contribution in [2.45, 2.75) is 64.7 Å². The van der Waals surface area contributed by atoms with Crippen molar-refractivity contribution in [3.63, 3.8) is 0 Å². The van der Waals surface area contributed by atoms with Crippen molar-refractivity contribution in [1.82, 2.24) is 20.6 Å². The number of allylic oxidation sites excluding steroid dienone is 1. The third kappa shape index (κ3) is 3.76. The van der Waals surface area contributed by atoms with Gasteiger partial charge in [0.25, 0.3) is 0 Å². The van der Waals surface area contributed by atoms with Crippen LogP contribution < -0.4 is 0 Å². The van der Waals surface area contributed by atoms with Crippen LogP contribution in [0.1, 0.15) is 76.1 Å². The molecule has 2 aromatic carbocycles. The molecule has 4 rings (SSSR count). The number of H-pyrrole nitrogens is 1. The SMILES string of the molecule is CC/C(=C\c1ccc(-c2nnn[nH]2)cc1)c1ccc2c(c1)C(C)(C)CCC2(C)C. The van der Waals surface area contributed by atoms with Crippen LogP contribution in [0.15, 0.2) is 42.5 Å². The molecule has 1 heterocycles. The third-order valence-electron chi connectivity index (χ3n) is 6.47. The van der Waals surface area contributed by atoms with Gasteiger partial charge in [0.15, 0.2) is 5.82 Å². The van der Waals surface area contributed by atoms with Gasteiger partial charge in [0, 0.05) is 5.56 Å². The van der Waals surface area contributed by atoms with Crippen LogP contribution in [0.3, 0.4) is 0 Å². The van der Waals surface area contributed by atoms with Crippen LogP contribution in [0.25, 0.3) is 23.0 Å². The van der Waals surface area contributed by atoms with E-state index in [2.05, 4.69) is 104 Å². The van der Waals surface area contributed by atoms with Gasteiger partial charge in [-0.2, -0.15) is 0 Å². The Morgan fingerprint density at radius 3 is 2.28 bits per heavy atom. The summed E-state index contributed by atoms with van der Waals surface area (Å²) < 4.78 is 0. The average molecular weight is 387 g/mol. The summed E-state index contributed by atoms with van der Waals surface area (Å²) in [6.45, 7) is 11.8. The molecule has 0 amide bonds.